The summed E-state index contributed by atoms with van der Waals surface area (Å²) >= 11 is 7.59. The fourth-order valence-electron chi connectivity index (χ4n) is 3.87. The predicted octanol–water partition coefficient (Wildman–Crippen LogP) is 6.25. The maximum atomic E-state index is 14.7. The Balaban J connectivity index is 1.59. The van der Waals surface area contributed by atoms with E-state index in [2.05, 4.69) is 5.32 Å². The summed E-state index contributed by atoms with van der Waals surface area (Å²) in [5, 5.41) is 1.95. The van der Waals surface area contributed by atoms with Crippen molar-refractivity contribution in [2.45, 2.75) is 37.1 Å². The SMILES string of the molecule is CCOc1ccc(F)c(CN2C(=O)C(C)Sc3cc(C(=O)NCc4c(F)cc(F)cc4F)ccc32)c1Cl. The van der Waals surface area contributed by atoms with Crippen molar-refractivity contribution < 1.29 is 31.9 Å². The van der Waals surface area contributed by atoms with Crippen LogP contribution in [0.25, 0.3) is 0 Å². The smallest absolute Gasteiger partial charge is 0.251 e. The number of nitrogens with one attached hydrogen (secondary N) is 1. The molecule has 0 aromatic heterocycles. The molecule has 37 heavy (non-hydrogen) atoms. The predicted molar refractivity (Wildman–Crippen MR) is 133 cm³/mol. The first-order valence-corrected chi connectivity index (χ1v) is 12.5. The Labute approximate surface area is 219 Å². The van der Waals surface area contributed by atoms with Crippen LogP contribution in [-0.2, 0) is 17.9 Å². The van der Waals surface area contributed by atoms with E-state index in [9.17, 15) is 27.2 Å². The fourth-order valence-corrected chi connectivity index (χ4v) is 5.24. The van der Waals surface area contributed by atoms with Crippen molar-refractivity contribution in [3.8, 4) is 5.75 Å². The highest BCUT2D eigenvalue weighted by atomic mass is 35.5. The molecular formula is C26H21ClF4N2O3S. The Morgan fingerprint density at radius 3 is 2.43 bits per heavy atom. The van der Waals surface area contributed by atoms with Crippen LogP contribution in [0.5, 0.6) is 5.75 Å². The van der Waals surface area contributed by atoms with Crippen molar-refractivity contribution in [1.82, 2.24) is 5.32 Å². The van der Waals surface area contributed by atoms with Crippen LogP contribution < -0.4 is 15.0 Å². The van der Waals surface area contributed by atoms with Gasteiger partial charge in [0.1, 0.15) is 29.0 Å². The van der Waals surface area contributed by atoms with Crippen LogP contribution >= 0.6 is 23.4 Å². The molecule has 0 radical (unpaired) electrons. The highest BCUT2D eigenvalue weighted by Gasteiger charge is 2.32. The van der Waals surface area contributed by atoms with E-state index in [1.54, 1.807) is 13.8 Å². The molecule has 0 aliphatic carbocycles. The summed E-state index contributed by atoms with van der Waals surface area (Å²) in [6.07, 6.45) is 0. The minimum Gasteiger partial charge on any atom is -0.492 e. The number of anilines is 1. The molecule has 1 heterocycles. The molecule has 0 fully saturated rings. The fraction of sp³-hybridized carbons (Fsp3) is 0.231. The van der Waals surface area contributed by atoms with Crippen LogP contribution in [0.4, 0.5) is 23.2 Å². The van der Waals surface area contributed by atoms with Crippen molar-refractivity contribution in [3.05, 3.63) is 87.4 Å². The minimum absolute atomic E-state index is 0.0679. The first-order valence-electron chi connectivity index (χ1n) is 11.2. The maximum Gasteiger partial charge on any atom is 0.251 e. The number of hydrogen-bond acceptors (Lipinski definition) is 4. The number of fused-ring (bicyclic) bond motifs is 1. The summed E-state index contributed by atoms with van der Waals surface area (Å²) in [7, 11) is 0. The van der Waals surface area contributed by atoms with Crippen molar-refractivity contribution in [2.24, 2.45) is 0 Å². The van der Waals surface area contributed by atoms with E-state index in [-0.39, 0.29) is 28.6 Å². The second-order valence-electron chi connectivity index (χ2n) is 8.17. The molecule has 1 N–H and O–H groups in total. The number of rotatable bonds is 7. The third-order valence-corrected chi connectivity index (χ3v) is 7.28. The van der Waals surface area contributed by atoms with Gasteiger partial charge in [0, 0.05) is 40.3 Å². The van der Waals surface area contributed by atoms with Gasteiger partial charge in [0.25, 0.3) is 5.91 Å². The molecule has 3 aromatic rings. The Kier molecular flexibility index (Phi) is 7.99. The number of carbonyl (C=O) groups excluding carboxylic acids is 2. The lowest BCUT2D eigenvalue weighted by Gasteiger charge is -2.33. The van der Waals surface area contributed by atoms with Gasteiger partial charge in [0.15, 0.2) is 0 Å². The number of hydrogen-bond donors (Lipinski definition) is 1. The van der Waals surface area contributed by atoms with E-state index in [0.717, 1.165) is 0 Å². The Morgan fingerprint density at radius 1 is 1.05 bits per heavy atom. The first-order chi connectivity index (χ1) is 17.6. The van der Waals surface area contributed by atoms with Gasteiger partial charge in [0.05, 0.1) is 29.1 Å². The highest BCUT2D eigenvalue weighted by Crippen LogP contribution is 2.42. The second kappa shape index (κ2) is 11.0. The number of benzene rings is 3. The largest absolute Gasteiger partial charge is 0.492 e. The molecule has 0 saturated heterocycles. The topological polar surface area (TPSA) is 58.6 Å². The molecule has 1 unspecified atom stereocenters. The zero-order valence-corrected chi connectivity index (χ0v) is 21.3. The summed E-state index contributed by atoms with van der Waals surface area (Å²) in [6, 6.07) is 8.23. The lowest BCUT2D eigenvalue weighted by molar-refractivity contribution is -0.118. The zero-order valence-electron chi connectivity index (χ0n) is 19.7. The standard InChI is InChI=1S/C26H21ClF4N2O3S/c1-3-36-22-7-5-18(29)17(24(22)27)12-33-21-6-4-14(8-23(21)37-13(2)26(33)35)25(34)32-11-16-19(30)9-15(28)10-20(16)31/h4-10,13H,3,11-12H2,1-2H3,(H,32,34). The number of ether oxygens (including phenoxy) is 1. The number of carbonyl (C=O) groups is 2. The summed E-state index contributed by atoms with van der Waals surface area (Å²) in [5.74, 6) is -4.47. The number of halogens is 5. The molecule has 11 heteroatoms. The van der Waals surface area contributed by atoms with Crippen molar-refractivity contribution in [2.75, 3.05) is 11.5 Å². The van der Waals surface area contributed by atoms with Crippen molar-refractivity contribution in [1.29, 1.82) is 0 Å². The lowest BCUT2D eigenvalue weighted by Crippen LogP contribution is -2.39. The van der Waals surface area contributed by atoms with Gasteiger partial charge in [-0.25, -0.2) is 17.6 Å². The molecule has 194 valence electrons. The molecule has 1 aliphatic rings. The average Bonchev–Trinajstić information content (AvgIpc) is 2.84. The van der Waals surface area contributed by atoms with Crippen LogP contribution in [0.2, 0.25) is 5.02 Å². The normalized spacial score (nSPS) is 14.9. The zero-order chi connectivity index (χ0) is 26.9. The van der Waals surface area contributed by atoms with E-state index in [0.29, 0.717) is 35.1 Å². The molecule has 0 saturated carbocycles. The number of amides is 2. The maximum absolute atomic E-state index is 14.7. The van der Waals surface area contributed by atoms with Gasteiger partial charge in [0.2, 0.25) is 5.91 Å². The van der Waals surface area contributed by atoms with Crippen molar-refractivity contribution in [3.63, 3.8) is 0 Å². The Bertz CT molecular complexity index is 1370. The van der Waals surface area contributed by atoms with E-state index in [4.69, 9.17) is 16.3 Å². The molecule has 0 spiro atoms. The van der Waals surface area contributed by atoms with Crippen LogP contribution in [0.1, 0.15) is 35.3 Å². The number of thioether (sulfide) groups is 1. The molecule has 2 amide bonds. The summed E-state index contributed by atoms with van der Waals surface area (Å²) in [6.45, 7) is 3.13. The van der Waals surface area contributed by atoms with Gasteiger partial charge >= 0.3 is 0 Å². The monoisotopic (exact) mass is 552 g/mol. The van der Waals surface area contributed by atoms with Gasteiger partial charge in [-0.1, -0.05) is 11.6 Å². The third kappa shape index (κ3) is 5.55. The van der Waals surface area contributed by atoms with Gasteiger partial charge in [-0.05, 0) is 44.2 Å². The van der Waals surface area contributed by atoms with Crippen LogP contribution in [0, 0.1) is 23.3 Å². The lowest BCUT2D eigenvalue weighted by atomic mass is 10.1. The summed E-state index contributed by atoms with van der Waals surface area (Å²) in [4.78, 5) is 27.7. The molecule has 5 nitrogen and oxygen atoms in total. The second-order valence-corrected chi connectivity index (χ2v) is 9.93. The van der Waals surface area contributed by atoms with Gasteiger partial charge in [-0.3, -0.25) is 9.59 Å². The molecule has 0 bridgehead atoms. The van der Waals surface area contributed by atoms with Gasteiger partial charge in [-0.2, -0.15) is 0 Å². The average molecular weight is 553 g/mol. The van der Waals surface area contributed by atoms with Gasteiger partial charge in [-0.15, -0.1) is 11.8 Å². The van der Waals surface area contributed by atoms with Gasteiger partial charge < -0.3 is 15.0 Å². The van der Waals surface area contributed by atoms with E-state index in [1.807, 2.05) is 0 Å². The molecule has 1 atom stereocenters. The van der Waals surface area contributed by atoms with E-state index in [1.165, 1.54) is 47.0 Å². The molecule has 4 rings (SSSR count). The molecular weight excluding hydrogens is 532 g/mol. The summed E-state index contributed by atoms with van der Waals surface area (Å²) < 4.78 is 61.1. The first kappa shape index (κ1) is 26.8. The van der Waals surface area contributed by atoms with E-state index < -0.39 is 46.5 Å². The molecule has 1 aliphatic heterocycles. The summed E-state index contributed by atoms with van der Waals surface area (Å²) in [5.41, 5.74) is 0.257. The van der Waals surface area contributed by atoms with Crippen molar-refractivity contribution >= 4 is 40.9 Å². The minimum atomic E-state index is -1.11. The highest BCUT2D eigenvalue weighted by molar-refractivity contribution is 8.01. The van der Waals surface area contributed by atoms with Crippen LogP contribution in [-0.4, -0.2) is 23.7 Å². The van der Waals surface area contributed by atoms with Crippen LogP contribution in [0.3, 0.4) is 0 Å². The Hall–Kier alpha value is -3.24. The number of nitrogens with zero attached hydrogens (tertiary/aromatic N) is 1. The molecule has 3 aromatic carbocycles. The van der Waals surface area contributed by atoms with Crippen LogP contribution in [0.15, 0.2) is 47.4 Å². The Morgan fingerprint density at radius 2 is 1.76 bits per heavy atom. The third-order valence-electron chi connectivity index (χ3n) is 5.73. The van der Waals surface area contributed by atoms with E-state index >= 15 is 0 Å². The quantitative estimate of drug-likeness (QED) is 0.352.